The number of ketones is 2. The fraction of sp³-hybridized carbons (Fsp3) is 0.737. The number of aromatic nitrogens is 1. The van der Waals surface area contributed by atoms with Crippen molar-refractivity contribution in [3.05, 3.63) is 30.1 Å². The summed E-state index contributed by atoms with van der Waals surface area (Å²) in [6, 6.07) is 4.62. The maximum absolute atomic E-state index is 13.7. The average Bonchev–Trinajstić information content (AvgIpc) is 3.04. The van der Waals surface area contributed by atoms with Gasteiger partial charge in [-0.2, -0.15) is 0 Å². The zero-order chi connectivity index (χ0) is 35.6. The van der Waals surface area contributed by atoms with Crippen LogP contribution in [0.1, 0.15) is 148 Å². The number of guanidine groups is 1. The summed E-state index contributed by atoms with van der Waals surface area (Å²) in [4.78, 5) is 60.8. The number of amides is 2. The van der Waals surface area contributed by atoms with Crippen LogP contribution in [-0.2, 0) is 25.6 Å². The van der Waals surface area contributed by atoms with Crippen molar-refractivity contribution in [3.63, 3.8) is 0 Å². The van der Waals surface area contributed by atoms with Crippen LogP contribution in [0.4, 0.5) is 0 Å². The molecule has 1 heterocycles. The first-order valence-electron chi connectivity index (χ1n) is 18.6. The molecule has 3 atom stereocenters. The Bertz CT molecular complexity index is 1070. The number of hydrogen-bond acceptors (Lipinski definition) is 6. The van der Waals surface area contributed by atoms with E-state index in [9.17, 15) is 19.2 Å². The number of pyridine rings is 1. The van der Waals surface area contributed by atoms with Gasteiger partial charge in [-0.1, -0.05) is 104 Å². The molecule has 0 saturated heterocycles. The molecule has 0 saturated carbocycles. The summed E-state index contributed by atoms with van der Waals surface area (Å²) in [6.07, 6.45) is 19.6. The van der Waals surface area contributed by atoms with Crippen LogP contribution < -0.4 is 22.5 Å². The topological polar surface area (TPSA) is 184 Å². The fourth-order valence-electron chi connectivity index (χ4n) is 6.11. The number of nitrogens with one attached hydrogen (secondary N) is 1. The quantitative estimate of drug-likeness (QED) is 0.0419. The van der Waals surface area contributed by atoms with Crippen LogP contribution in [0.5, 0.6) is 0 Å². The van der Waals surface area contributed by atoms with Gasteiger partial charge in [-0.05, 0) is 43.7 Å². The number of primary amides is 1. The summed E-state index contributed by atoms with van der Waals surface area (Å²) >= 11 is 0. The van der Waals surface area contributed by atoms with Crippen LogP contribution in [0.15, 0.2) is 29.4 Å². The predicted octanol–water partition coefficient (Wildman–Crippen LogP) is 6.33. The third-order valence-corrected chi connectivity index (χ3v) is 8.84. The molecule has 2 amide bonds. The average molecular weight is 671 g/mol. The molecule has 0 unspecified atom stereocenters. The van der Waals surface area contributed by atoms with Crippen molar-refractivity contribution in [2.45, 2.75) is 155 Å². The molecule has 10 nitrogen and oxygen atoms in total. The minimum atomic E-state index is -0.858. The number of nitrogens with two attached hydrogens (primary N) is 3. The SMILES string of the molecule is CCCCCCCCCCCCCCCC(=O)C[C@@H](Cc1ccccn1)C(=O)N[C@@H](CCCN=C(N)N)C(=O)C[C@@H](CC(C)C)C(N)=O. The van der Waals surface area contributed by atoms with Gasteiger partial charge in [0.2, 0.25) is 11.8 Å². The van der Waals surface area contributed by atoms with Crippen molar-refractivity contribution in [2.75, 3.05) is 6.54 Å². The Morgan fingerprint density at radius 1 is 0.792 bits per heavy atom. The van der Waals surface area contributed by atoms with Crippen LogP contribution in [0.25, 0.3) is 0 Å². The second-order valence-corrected chi connectivity index (χ2v) is 13.9. The molecular weight excluding hydrogens is 604 g/mol. The van der Waals surface area contributed by atoms with Crippen molar-refractivity contribution in [3.8, 4) is 0 Å². The Hall–Kier alpha value is -3.30. The van der Waals surface area contributed by atoms with Crippen molar-refractivity contribution in [2.24, 2.45) is 39.9 Å². The Morgan fingerprint density at radius 2 is 1.40 bits per heavy atom. The van der Waals surface area contributed by atoms with Gasteiger partial charge in [0.15, 0.2) is 11.7 Å². The molecule has 1 rings (SSSR count). The van der Waals surface area contributed by atoms with E-state index >= 15 is 0 Å². The molecule has 0 aliphatic heterocycles. The number of aliphatic imine (C=N–C) groups is 1. The third kappa shape index (κ3) is 21.5. The van der Waals surface area contributed by atoms with Gasteiger partial charge in [0.05, 0.1) is 12.0 Å². The second kappa shape index (κ2) is 26.6. The molecule has 1 aromatic heterocycles. The smallest absolute Gasteiger partial charge is 0.224 e. The van der Waals surface area contributed by atoms with Crippen LogP contribution >= 0.6 is 0 Å². The molecular formula is C38H66N6O4. The predicted molar refractivity (Wildman–Crippen MR) is 195 cm³/mol. The molecule has 10 heteroatoms. The van der Waals surface area contributed by atoms with Crippen LogP contribution in [0.3, 0.4) is 0 Å². The summed E-state index contributed by atoms with van der Waals surface area (Å²) in [5, 5.41) is 2.91. The lowest BCUT2D eigenvalue weighted by Crippen LogP contribution is -2.45. The van der Waals surface area contributed by atoms with Gasteiger partial charge >= 0.3 is 0 Å². The van der Waals surface area contributed by atoms with Crippen molar-refractivity contribution < 1.29 is 19.2 Å². The molecule has 48 heavy (non-hydrogen) atoms. The highest BCUT2D eigenvalue weighted by Crippen LogP contribution is 2.20. The van der Waals surface area contributed by atoms with Gasteiger partial charge in [-0.15, -0.1) is 0 Å². The maximum Gasteiger partial charge on any atom is 0.224 e. The normalized spacial score (nSPS) is 13.1. The molecule has 0 aliphatic rings. The number of nitrogens with zero attached hydrogens (tertiary/aromatic N) is 2. The largest absolute Gasteiger partial charge is 0.370 e. The molecule has 0 aliphatic carbocycles. The first-order valence-corrected chi connectivity index (χ1v) is 18.6. The molecule has 7 N–H and O–H groups in total. The summed E-state index contributed by atoms with van der Waals surface area (Å²) in [6.45, 7) is 6.47. The standard InChI is InChI=1S/C38H66N6O4/c1-4-5-6-7-8-9-10-11-12-13-14-15-16-21-33(45)27-31(26-32-20-17-18-23-42-32)37(48)44-34(22-19-24-43-38(40)41)35(46)28-30(36(39)47)25-29(2)3/h17-18,20,23,29-31,34H,4-16,19,21-22,24-28H2,1-3H3,(H2,39,47)(H,44,48)(H4,40,41,43)/t30-,31-,34+/m1/s1. The van der Waals surface area contributed by atoms with E-state index in [1.165, 1.54) is 64.2 Å². The van der Waals surface area contributed by atoms with E-state index in [2.05, 4.69) is 22.2 Å². The molecule has 1 aromatic rings. The van der Waals surface area contributed by atoms with Gasteiger partial charge in [0.1, 0.15) is 5.78 Å². The van der Waals surface area contributed by atoms with Crippen LogP contribution in [-0.4, -0.2) is 46.9 Å². The van der Waals surface area contributed by atoms with Crippen molar-refractivity contribution >= 4 is 29.3 Å². The summed E-state index contributed by atoms with van der Waals surface area (Å²) < 4.78 is 0. The Balaban J connectivity index is 2.75. The highest BCUT2D eigenvalue weighted by atomic mass is 16.2. The van der Waals surface area contributed by atoms with Gasteiger partial charge in [0, 0.05) is 50.0 Å². The molecule has 272 valence electrons. The summed E-state index contributed by atoms with van der Waals surface area (Å²) in [5.41, 5.74) is 17.2. The number of hydrogen-bond donors (Lipinski definition) is 4. The maximum atomic E-state index is 13.7. The summed E-state index contributed by atoms with van der Waals surface area (Å²) in [5.74, 6) is -2.32. The molecule has 0 spiro atoms. The highest BCUT2D eigenvalue weighted by molar-refractivity contribution is 5.93. The lowest BCUT2D eigenvalue weighted by Gasteiger charge is -2.23. The van der Waals surface area contributed by atoms with Crippen LogP contribution in [0.2, 0.25) is 0 Å². The molecule has 0 radical (unpaired) electrons. The van der Waals surface area contributed by atoms with E-state index in [1.54, 1.807) is 12.3 Å². The Morgan fingerprint density at radius 3 is 1.92 bits per heavy atom. The number of Topliss-reactive ketones (excluding diaryl/α,β-unsaturated/α-hetero) is 2. The van der Waals surface area contributed by atoms with Gasteiger partial charge < -0.3 is 22.5 Å². The monoisotopic (exact) mass is 671 g/mol. The first-order chi connectivity index (χ1) is 23.0. The number of carbonyl (C=O) groups is 4. The van der Waals surface area contributed by atoms with E-state index in [0.717, 1.165) is 19.3 Å². The molecule has 0 fully saturated rings. The lowest BCUT2D eigenvalue weighted by atomic mass is 9.88. The van der Waals surface area contributed by atoms with E-state index in [-0.39, 0.29) is 55.0 Å². The molecule has 0 aromatic carbocycles. The van der Waals surface area contributed by atoms with E-state index in [0.29, 0.717) is 31.5 Å². The number of carbonyl (C=O) groups excluding carboxylic acids is 4. The first kappa shape index (κ1) is 42.7. The van der Waals surface area contributed by atoms with E-state index in [1.807, 2.05) is 26.0 Å². The van der Waals surface area contributed by atoms with Crippen LogP contribution in [0, 0.1) is 17.8 Å². The number of rotatable bonds is 30. The Kier molecular flexibility index (Phi) is 23.7. The summed E-state index contributed by atoms with van der Waals surface area (Å²) in [7, 11) is 0. The lowest BCUT2D eigenvalue weighted by molar-refractivity contribution is -0.133. The second-order valence-electron chi connectivity index (χ2n) is 13.9. The zero-order valence-corrected chi connectivity index (χ0v) is 30.2. The van der Waals surface area contributed by atoms with Gasteiger partial charge in [0.25, 0.3) is 0 Å². The highest BCUT2D eigenvalue weighted by Gasteiger charge is 2.30. The third-order valence-electron chi connectivity index (χ3n) is 8.84. The molecule has 0 bridgehead atoms. The van der Waals surface area contributed by atoms with Gasteiger partial charge in [-0.25, -0.2) is 0 Å². The minimum absolute atomic E-state index is 0.0375. The van der Waals surface area contributed by atoms with E-state index in [4.69, 9.17) is 17.2 Å². The number of unbranched alkanes of at least 4 members (excludes halogenated alkanes) is 12. The van der Waals surface area contributed by atoms with Gasteiger partial charge in [-0.3, -0.25) is 29.2 Å². The van der Waals surface area contributed by atoms with E-state index < -0.39 is 23.8 Å². The zero-order valence-electron chi connectivity index (χ0n) is 30.2. The van der Waals surface area contributed by atoms with Crippen molar-refractivity contribution in [1.29, 1.82) is 0 Å². The van der Waals surface area contributed by atoms with Crippen molar-refractivity contribution in [1.82, 2.24) is 10.3 Å². The minimum Gasteiger partial charge on any atom is -0.370 e. The Labute approximate surface area is 290 Å². The fourth-order valence-corrected chi connectivity index (χ4v) is 6.11.